The predicted octanol–water partition coefficient (Wildman–Crippen LogP) is 4.35. The predicted molar refractivity (Wildman–Crippen MR) is 188 cm³/mol. The number of pyridine rings is 1. The van der Waals surface area contributed by atoms with E-state index in [-0.39, 0.29) is 67.4 Å². The van der Waals surface area contributed by atoms with Crippen LogP contribution in [0.5, 0.6) is 0 Å². The molecule has 12 heteroatoms. The molecule has 2 amide bonds. The van der Waals surface area contributed by atoms with Crippen molar-refractivity contribution in [2.24, 2.45) is 0 Å². The number of nitrogens with one attached hydrogen (secondary N) is 3. The highest BCUT2D eigenvalue weighted by molar-refractivity contribution is 6.06. The number of hydrogen-bond acceptors (Lipinski definition) is 9. The number of benzene rings is 1. The summed E-state index contributed by atoms with van der Waals surface area (Å²) in [6.07, 6.45) is 8.36. The number of rotatable bonds is 24. The molecule has 0 radical (unpaired) electrons. The summed E-state index contributed by atoms with van der Waals surface area (Å²) in [5.74, 6) is 0.767. The minimum Gasteiger partial charge on any atom is -0.382 e. The molecule has 12 nitrogen and oxygen atoms in total. The summed E-state index contributed by atoms with van der Waals surface area (Å²) in [7, 11) is 1.75. The van der Waals surface area contributed by atoms with Crippen molar-refractivity contribution >= 4 is 56.9 Å². The summed E-state index contributed by atoms with van der Waals surface area (Å²) in [4.78, 5) is 69.6. The van der Waals surface area contributed by atoms with Crippen LogP contribution in [0.25, 0.3) is 21.9 Å². The molecule has 1 aromatic carbocycles. The number of unbranched alkanes of at least 4 members (excludes halogenated alkanes) is 4. The third-order valence-corrected chi connectivity index (χ3v) is 8.61. The smallest absolute Gasteiger partial charge is 0.220 e. The van der Waals surface area contributed by atoms with Gasteiger partial charge in [0.25, 0.3) is 0 Å². The molecule has 0 bridgehead atoms. The number of aryl methyl sites for hydroxylation is 2. The van der Waals surface area contributed by atoms with Gasteiger partial charge in [-0.3, -0.25) is 24.0 Å². The van der Waals surface area contributed by atoms with Gasteiger partial charge in [0.2, 0.25) is 11.8 Å². The molecule has 48 heavy (non-hydrogen) atoms. The van der Waals surface area contributed by atoms with Gasteiger partial charge in [0.05, 0.1) is 23.6 Å². The van der Waals surface area contributed by atoms with Gasteiger partial charge in [0, 0.05) is 57.0 Å². The van der Waals surface area contributed by atoms with Crippen LogP contribution in [-0.4, -0.2) is 69.9 Å². The summed E-state index contributed by atoms with van der Waals surface area (Å²) in [6.45, 7) is 4.81. The molecule has 3 aromatic rings. The van der Waals surface area contributed by atoms with E-state index >= 15 is 0 Å². The van der Waals surface area contributed by atoms with Crippen LogP contribution < -0.4 is 21.7 Å². The Bertz CT molecular complexity index is 1550. The van der Waals surface area contributed by atoms with Gasteiger partial charge in [-0.2, -0.15) is 0 Å². The largest absolute Gasteiger partial charge is 0.382 e. The highest BCUT2D eigenvalue weighted by Gasteiger charge is 2.17. The molecule has 1 atom stereocenters. The lowest BCUT2D eigenvalue weighted by Crippen LogP contribution is -2.32. The van der Waals surface area contributed by atoms with E-state index in [0.717, 1.165) is 85.7 Å². The van der Waals surface area contributed by atoms with Crippen molar-refractivity contribution in [3.63, 3.8) is 0 Å². The second kappa shape index (κ2) is 20.2. The number of amides is 2. The van der Waals surface area contributed by atoms with Gasteiger partial charge in [-0.25, -0.2) is 9.97 Å². The van der Waals surface area contributed by atoms with Crippen molar-refractivity contribution in [2.75, 3.05) is 25.9 Å². The van der Waals surface area contributed by atoms with E-state index in [1.807, 2.05) is 18.2 Å². The van der Waals surface area contributed by atoms with Crippen molar-refractivity contribution in [3.8, 4) is 0 Å². The lowest BCUT2D eigenvalue weighted by molar-refractivity contribution is -0.128. The third kappa shape index (κ3) is 12.1. The summed E-state index contributed by atoms with van der Waals surface area (Å²) in [5.41, 5.74) is 8.91. The summed E-state index contributed by atoms with van der Waals surface area (Å²) in [6, 6.07) is 7.80. The van der Waals surface area contributed by atoms with Gasteiger partial charge >= 0.3 is 0 Å². The molecule has 0 saturated heterocycles. The number of carbonyl (C=O) groups is 5. The average Bonchev–Trinajstić information content (AvgIpc) is 3.44. The van der Waals surface area contributed by atoms with Crippen LogP contribution in [0.4, 0.5) is 5.82 Å². The molecule has 3 rings (SSSR count). The topological polar surface area (TPSA) is 178 Å². The maximum absolute atomic E-state index is 12.4. The van der Waals surface area contributed by atoms with Crippen molar-refractivity contribution in [2.45, 2.75) is 116 Å². The van der Waals surface area contributed by atoms with Gasteiger partial charge in [0.1, 0.15) is 22.9 Å². The molecule has 0 aliphatic heterocycles. The molecule has 5 N–H and O–H groups in total. The Kier molecular flexibility index (Phi) is 16.1. The molecule has 262 valence electrons. The number of anilines is 1. The Labute approximate surface area is 283 Å². The first kappa shape index (κ1) is 38.3. The quantitative estimate of drug-likeness (QED) is 0.101. The van der Waals surface area contributed by atoms with E-state index in [1.54, 1.807) is 14.0 Å². The minimum absolute atomic E-state index is 0.0254. The molecule has 2 heterocycles. The number of nitrogen functional groups attached to an aromatic ring is 1. The van der Waals surface area contributed by atoms with Crippen LogP contribution in [0.1, 0.15) is 103 Å². The highest BCUT2D eigenvalue weighted by Crippen LogP contribution is 2.29. The lowest BCUT2D eigenvalue weighted by atomic mass is 10.1. The zero-order valence-corrected chi connectivity index (χ0v) is 28.9. The highest BCUT2D eigenvalue weighted by atomic mass is 16.2. The Balaban J connectivity index is 1.30. The monoisotopic (exact) mass is 663 g/mol. The maximum Gasteiger partial charge on any atom is 0.220 e. The molecule has 0 aliphatic rings. The number of ketones is 3. The van der Waals surface area contributed by atoms with Crippen LogP contribution in [0.3, 0.4) is 0 Å². The van der Waals surface area contributed by atoms with Crippen molar-refractivity contribution in [3.05, 3.63) is 30.1 Å². The number of Topliss-reactive ketones (excluding diaryl/α,β-unsaturated/α-hetero) is 3. The Morgan fingerprint density at radius 3 is 2.29 bits per heavy atom. The number of nitrogens with two attached hydrogens (primary N) is 1. The second-order valence-electron chi connectivity index (χ2n) is 12.5. The Morgan fingerprint density at radius 2 is 1.56 bits per heavy atom. The fourth-order valence-electron chi connectivity index (χ4n) is 5.79. The van der Waals surface area contributed by atoms with Gasteiger partial charge < -0.3 is 26.3 Å². The Morgan fingerprint density at radius 1 is 0.833 bits per heavy atom. The zero-order valence-electron chi connectivity index (χ0n) is 28.9. The van der Waals surface area contributed by atoms with E-state index in [0.29, 0.717) is 25.2 Å². The molecular formula is C36H53N7O5. The molecular weight excluding hydrogens is 610 g/mol. The van der Waals surface area contributed by atoms with Gasteiger partial charge in [-0.15, -0.1) is 0 Å². The number of hydrogen-bond donors (Lipinski definition) is 4. The number of imidazole rings is 1. The van der Waals surface area contributed by atoms with Crippen LogP contribution in [-0.2, 0) is 36.9 Å². The summed E-state index contributed by atoms with van der Waals surface area (Å²) >= 11 is 0. The van der Waals surface area contributed by atoms with E-state index in [1.165, 1.54) is 0 Å². The maximum atomic E-state index is 12.4. The number of aromatic nitrogens is 3. The van der Waals surface area contributed by atoms with Crippen LogP contribution >= 0.6 is 0 Å². The molecule has 0 saturated carbocycles. The average molecular weight is 664 g/mol. The number of nitrogens with zero attached hydrogens (tertiary/aromatic N) is 3. The van der Waals surface area contributed by atoms with Crippen LogP contribution in [0.2, 0.25) is 0 Å². The fourth-order valence-corrected chi connectivity index (χ4v) is 5.79. The number of likely N-dealkylation sites (N-methyl/N-ethyl adjacent to an activating group) is 1. The normalized spacial score (nSPS) is 11.9. The number of para-hydroxylation sites is 1. The molecule has 0 spiro atoms. The standard InChI is InChI=1S/C36H53N7O5/c1-4-5-17-31-42-34-35(28-14-8-9-16-30(28)41-36(34)37)43(31)23-12-6-7-13-26(45)18-20-33(48)40-24-27(46)19-21-32(47)39-22-11-10-15-29(38-3)25(2)44/h8-9,14,16,29,38H,4-7,10-13,15,17-24H2,1-3H3,(H2,37,41)(H,39,47)(H,40,48). The van der Waals surface area contributed by atoms with Crippen molar-refractivity contribution < 1.29 is 24.0 Å². The summed E-state index contributed by atoms with van der Waals surface area (Å²) < 4.78 is 2.27. The van der Waals surface area contributed by atoms with Crippen LogP contribution in [0, 0.1) is 0 Å². The number of fused-ring (bicyclic) bond motifs is 3. The molecule has 2 aromatic heterocycles. The van der Waals surface area contributed by atoms with Gasteiger partial charge in [0.15, 0.2) is 11.6 Å². The minimum atomic E-state index is -0.348. The van der Waals surface area contributed by atoms with Gasteiger partial charge in [-0.05, 0) is 58.6 Å². The third-order valence-electron chi connectivity index (χ3n) is 8.61. The molecule has 0 aliphatic carbocycles. The lowest BCUT2D eigenvalue weighted by Gasteiger charge is -2.12. The zero-order chi connectivity index (χ0) is 34.9. The first-order chi connectivity index (χ1) is 23.1. The van der Waals surface area contributed by atoms with E-state index in [4.69, 9.17) is 10.7 Å². The molecule has 1 unspecified atom stereocenters. The number of carbonyl (C=O) groups excluding carboxylic acids is 5. The fraction of sp³-hybridized carbons (Fsp3) is 0.583. The van der Waals surface area contributed by atoms with E-state index < -0.39 is 0 Å². The van der Waals surface area contributed by atoms with Gasteiger partial charge in [-0.1, -0.05) is 38.0 Å². The summed E-state index contributed by atoms with van der Waals surface area (Å²) in [5, 5.41) is 9.35. The van der Waals surface area contributed by atoms with E-state index in [9.17, 15) is 24.0 Å². The molecule has 0 fully saturated rings. The van der Waals surface area contributed by atoms with Crippen LogP contribution in [0.15, 0.2) is 24.3 Å². The van der Waals surface area contributed by atoms with Crippen molar-refractivity contribution in [1.82, 2.24) is 30.5 Å². The first-order valence-corrected chi connectivity index (χ1v) is 17.4. The first-order valence-electron chi connectivity index (χ1n) is 17.4. The van der Waals surface area contributed by atoms with E-state index in [2.05, 4.69) is 38.5 Å². The van der Waals surface area contributed by atoms with Crippen molar-refractivity contribution in [1.29, 1.82) is 0 Å². The Hall–Kier alpha value is -4.19. The second-order valence-corrected chi connectivity index (χ2v) is 12.5. The SMILES string of the molecule is CCCCc1nc2c(N)nc3ccccc3c2n1CCCCCC(=O)CCC(=O)NCC(=O)CCC(=O)NCCCCC(NC)C(C)=O.